The molecule has 0 saturated heterocycles. The first-order valence-electron chi connectivity index (χ1n) is 9.38. The Balaban J connectivity index is 1.45. The number of aromatic amines is 2. The summed E-state index contributed by atoms with van der Waals surface area (Å²) >= 11 is 0. The molecule has 2 aliphatic rings. The van der Waals surface area contributed by atoms with Crippen molar-refractivity contribution in [1.29, 1.82) is 0 Å². The van der Waals surface area contributed by atoms with E-state index in [1.165, 1.54) is 12.1 Å². The molecular formula is C20H20FN5O. The number of hydrogen-bond acceptors (Lipinski definition) is 3. The number of hydrogen-bond donors (Lipinski definition) is 2. The van der Waals surface area contributed by atoms with Gasteiger partial charge in [-0.3, -0.25) is 15.0 Å². The first-order valence-corrected chi connectivity index (χ1v) is 9.38. The van der Waals surface area contributed by atoms with Crippen molar-refractivity contribution in [1.82, 2.24) is 25.3 Å². The van der Waals surface area contributed by atoms with Gasteiger partial charge in [0.25, 0.3) is 5.91 Å². The first kappa shape index (κ1) is 16.2. The molecule has 0 radical (unpaired) electrons. The summed E-state index contributed by atoms with van der Waals surface area (Å²) in [7, 11) is 0. The average molecular weight is 365 g/mol. The molecule has 1 aliphatic carbocycles. The molecule has 3 aromatic rings. The van der Waals surface area contributed by atoms with E-state index < -0.39 is 0 Å². The maximum Gasteiger partial charge on any atom is 0.274 e. The Bertz CT molecular complexity index is 1020. The number of rotatable bonds is 2. The number of halogens is 1. The highest BCUT2D eigenvalue weighted by Crippen LogP contribution is 2.30. The number of nitrogens with one attached hydrogen (secondary N) is 2. The monoisotopic (exact) mass is 365 g/mol. The van der Waals surface area contributed by atoms with E-state index in [0.29, 0.717) is 30.9 Å². The molecule has 2 aromatic heterocycles. The number of aryl methyl sites for hydroxylation is 1. The normalized spacial score (nSPS) is 16.1. The number of amides is 1. The zero-order valence-corrected chi connectivity index (χ0v) is 14.9. The van der Waals surface area contributed by atoms with Crippen LogP contribution in [0.15, 0.2) is 24.3 Å². The van der Waals surface area contributed by atoms with Gasteiger partial charge < -0.3 is 4.90 Å². The highest BCUT2D eigenvalue weighted by atomic mass is 19.1. The van der Waals surface area contributed by atoms with Gasteiger partial charge in [0.2, 0.25) is 0 Å². The van der Waals surface area contributed by atoms with Crippen LogP contribution in [0.25, 0.3) is 11.3 Å². The minimum absolute atomic E-state index is 0.0357. The van der Waals surface area contributed by atoms with Crippen LogP contribution >= 0.6 is 0 Å². The summed E-state index contributed by atoms with van der Waals surface area (Å²) in [5, 5.41) is 14.8. The van der Waals surface area contributed by atoms with E-state index in [1.54, 1.807) is 6.07 Å². The fourth-order valence-corrected chi connectivity index (χ4v) is 4.15. The Labute approximate surface area is 155 Å². The molecule has 27 heavy (non-hydrogen) atoms. The van der Waals surface area contributed by atoms with Gasteiger partial charge in [-0.05, 0) is 37.8 Å². The number of carbonyl (C=O) groups is 1. The molecule has 0 bridgehead atoms. The van der Waals surface area contributed by atoms with Crippen LogP contribution in [0.3, 0.4) is 0 Å². The number of nitrogens with zero attached hydrogens (tertiary/aromatic N) is 3. The largest absolute Gasteiger partial charge is 0.332 e. The molecule has 0 saturated carbocycles. The van der Waals surface area contributed by atoms with Gasteiger partial charge in [0, 0.05) is 41.0 Å². The number of H-pyrrole nitrogens is 2. The van der Waals surface area contributed by atoms with E-state index in [-0.39, 0.29) is 11.7 Å². The molecule has 1 amide bonds. The number of benzene rings is 1. The highest BCUT2D eigenvalue weighted by Gasteiger charge is 2.30. The quantitative estimate of drug-likeness (QED) is 0.733. The molecule has 5 rings (SSSR count). The zero-order valence-electron chi connectivity index (χ0n) is 14.9. The lowest BCUT2D eigenvalue weighted by Crippen LogP contribution is -2.36. The third-order valence-corrected chi connectivity index (χ3v) is 5.58. The molecule has 1 aliphatic heterocycles. The number of aromatic nitrogens is 4. The van der Waals surface area contributed by atoms with Gasteiger partial charge >= 0.3 is 0 Å². The smallest absolute Gasteiger partial charge is 0.274 e. The second-order valence-electron chi connectivity index (χ2n) is 7.25. The van der Waals surface area contributed by atoms with Crippen molar-refractivity contribution in [2.45, 2.75) is 38.6 Å². The van der Waals surface area contributed by atoms with Crippen LogP contribution in [0, 0.1) is 5.82 Å². The lowest BCUT2D eigenvalue weighted by Gasteiger charge is -2.27. The van der Waals surface area contributed by atoms with Gasteiger partial charge in [-0.15, -0.1) is 0 Å². The minimum Gasteiger partial charge on any atom is -0.332 e. The minimum atomic E-state index is -0.295. The van der Waals surface area contributed by atoms with Gasteiger partial charge in [0.15, 0.2) is 5.69 Å². The topological polar surface area (TPSA) is 77.7 Å². The molecule has 0 unspecified atom stereocenters. The molecule has 2 N–H and O–H groups in total. The summed E-state index contributed by atoms with van der Waals surface area (Å²) in [6.07, 6.45) is 4.82. The van der Waals surface area contributed by atoms with Crippen LogP contribution in [0.5, 0.6) is 0 Å². The fraction of sp³-hybridized carbons (Fsp3) is 0.350. The van der Waals surface area contributed by atoms with Crippen LogP contribution in [-0.4, -0.2) is 37.7 Å². The molecule has 6 nitrogen and oxygen atoms in total. The van der Waals surface area contributed by atoms with Crippen LogP contribution in [0.2, 0.25) is 0 Å². The van der Waals surface area contributed by atoms with Crippen molar-refractivity contribution in [3.63, 3.8) is 0 Å². The second-order valence-corrected chi connectivity index (χ2v) is 7.25. The molecule has 0 fully saturated rings. The third-order valence-electron chi connectivity index (χ3n) is 5.58. The van der Waals surface area contributed by atoms with Gasteiger partial charge in [0.05, 0.1) is 12.2 Å². The summed E-state index contributed by atoms with van der Waals surface area (Å²) in [5.41, 5.74) is 6.15. The van der Waals surface area contributed by atoms with Crippen LogP contribution < -0.4 is 0 Å². The van der Waals surface area contributed by atoms with Gasteiger partial charge in [-0.25, -0.2) is 4.39 Å². The summed E-state index contributed by atoms with van der Waals surface area (Å²) in [5.74, 6) is -0.331. The van der Waals surface area contributed by atoms with Crippen molar-refractivity contribution in [3.8, 4) is 11.3 Å². The van der Waals surface area contributed by atoms with E-state index >= 15 is 0 Å². The molecule has 138 valence electrons. The molecule has 1 aromatic carbocycles. The van der Waals surface area contributed by atoms with Gasteiger partial charge in [-0.1, -0.05) is 12.1 Å². The lowest BCUT2D eigenvalue weighted by atomic mass is 9.95. The predicted octanol–water partition coefficient (Wildman–Crippen LogP) is 3.02. The SMILES string of the molecule is O=C(c1n[nH]c2c1CCCC2)N1CCc2[nH]nc(-c3cccc(F)c3)c2C1. The highest BCUT2D eigenvalue weighted by molar-refractivity contribution is 5.94. The van der Waals surface area contributed by atoms with Crippen molar-refractivity contribution in [2.75, 3.05) is 6.54 Å². The zero-order chi connectivity index (χ0) is 18.4. The van der Waals surface area contributed by atoms with Crippen LogP contribution in [0.4, 0.5) is 4.39 Å². The maximum atomic E-state index is 13.6. The molecule has 7 heteroatoms. The summed E-state index contributed by atoms with van der Waals surface area (Å²) in [4.78, 5) is 14.9. The van der Waals surface area contributed by atoms with Gasteiger partial charge in [0.1, 0.15) is 5.82 Å². The Morgan fingerprint density at radius 2 is 1.85 bits per heavy atom. The molecular weight excluding hydrogens is 345 g/mol. The maximum absolute atomic E-state index is 13.6. The molecule has 3 heterocycles. The average Bonchev–Trinajstić information content (AvgIpc) is 3.31. The van der Waals surface area contributed by atoms with E-state index in [9.17, 15) is 9.18 Å². The summed E-state index contributed by atoms with van der Waals surface area (Å²) < 4.78 is 13.6. The summed E-state index contributed by atoms with van der Waals surface area (Å²) in [6, 6.07) is 6.40. The van der Waals surface area contributed by atoms with Crippen molar-refractivity contribution >= 4 is 5.91 Å². The Hall–Kier alpha value is -2.96. The standard InChI is InChI=1S/C20H20FN5O/c21-13-5-3-4-12(10-13)18-15-11-26(9-8-17(15)23-24-18)20(27)19-14-6-1-2-7-16(14)22-25-19/h3-5,10H,1-2,6-9,11H2,(H,22,25)(H,23,24). The van der Waals surface area contributed by atoms with E-state index in [1.807, 2.05) is 11.0 Å². The molecule has 0 spiro atoms. The molecule has 0 atom stereocenters. The number of fused-ring (bicyclic) bond motifs is 2. The Morgan fingerprint density at radius 3 is 2.74 bits per heavy atom. The van der Waals surface area contributed by atoms with Crippen molar-refractivity contribution in [2.24, 2.45) is 0 Å². The lowest BCUT2D eigenvalue weighted by molar-refractivity contribution is 0.0727. The number of carbonyl (C=O) groups excluding carboxylic acids is 1. The van der Waals surface area contributed by atoms with Crippen molar-refractivity contribution in [3.05, 3.63) is 58.3 Å². The first-order chi connectivity index (χ1) is 13.2. The van der Waals surface area contributed by atoms with E-state index in [2.05, 4.69) is 20.4 Å². The van der Waals surface area contributed by atoms with Gasteiger partial charge in [-0.2, -0.15) is 10.2 Å². The van der Waals surface area contributed by atoms with E-state index in [4.69, 9.17) is 0 Å². The fourth-order valence-electron chi connectivity index (χ4n) is 4.15. The Morgan fingerprint density at radius 1 is 1.04 bits per heavy atom. The second kappa shape index (κ2) is 6.33. The third kappa shape index (κ3) is 2.74. The summed E-state index contributed by atoms with van der Waals surface area (Å²) in [6.45, 7) is 1.08. The van der Waals surface area contributed by atoms with Crippen molar-refractivity contribution < 1.29 is 9.18 Å². The van der Waals surface area contributed by atoms with Crippen LogP contribution in [-0.2, 0) is 25.8 Å². The Kier molecular flexibility index (Phi) is 3.81. The predicted molar refractivity (Wildman–Crippen MR) is 97.7 cm³/mol. The van der Waals surface area contributed by atoms with E-state index in [0.717, 1.165) is 53.8 Å². The van der Waals surface area contributed by atoms with Crippen LogP contribution in [0.1, 0.15) is 45.8 Å².